The van der Waals surface area contributed by atoms with Crippen LogP contribution >= 0.6 is 0 Å². The fraction of sp³-hybridized carbons (Fsp3) is 0.821. The van der Waals surface area contributed by atoms with Gasteiger partial charge >= 0.3 is 12.1 Å². The number of urea groups is 2. The van der Waals surface area contributed by atoms with Gasteiger partial charge in [0.1, 0.15) is 48.7 Å². The molecular weight excluding hydrogens is 1410 g/mol. The highest BCUT2D eigenvalue weighted by atomic mass is 16.6. The van der Waals surface area contributed by atoms with E-state index in [0.717, 1.165) is 0 Å². The van der Waals surface area contributed by atoms with Crippen molar-refractivity contribution in [3.8, 4) is 0 Å². The predicted molar refractivity (Wildman–Crippen MR) is 381 cm³/mol. The lowest BCUT2D eigenvalue weighted by molar-refractivity contribution is -0.132. The summed E-state index contributed by atoms with van der Waals surface area (Å²) in [6.45, 7) is 9.80. The summed E-state index contributed by atoms with van der Waals surface area (Å²) in [6, 6.07) is 2.66. The van der Waals surface area contributed by atoms with Crippen LogP contribution in [0.1, 0.15) is 57.9 Å². The molecule has 1 aromatic rings. The number of unbranched alkanes of at least 4 members (excludes halogenated alkanes) is 1. The zero-order valence-corrected chi connectivity index (χ0v) is 61.8. The number of amides is 8. The van der Waals surface area contributed by atoms with Crippen LogP contribution in [0.3, 0.4) is 0 Å². The van der Waals surface area contributed by atoms with E-state index in [9.17, 15) is 74.7 Å². The largest absolute Gasteiger partial charge is 0.394 e. The van der Waals surface area contributed by atoms with E-state index in [2.05, 4.69) is 42.5 Å². The smallest absolute Gasteiger partial charge is 0.314 e. The number of nitrogens with two attached hydrogens (primary N) is 1. The summed E-state index contributed by atoms with van der Waals surface area (Å²) < 4.78 is 66.1. The molecule has 0 saturated carbocycles. The number of carbonyl (C=O) groups excluding carboxylic acids is 6. The molecule has 1 aromatic carbocycles. The fourth-order valence-electron chi connectivity index (χ4n) is 9.40. The van der Waals surface area contributed by atoms with Gasteiger partial charge in [-0.2, -0.15) is 0 Å². The topological polar surface area (TPSA) is 561 Å². The lowest BCUT2D eigenvalue weighted by Gasteiger charge is -2.33. The second kappa shape index (κ2) is 65.5. The van der Waals surface area contributed by atoms with Crippen LogP contribution < -0.4 is 48.3 Å². The molecule has 21 N–H and O–H groups in total. The third-order valence-electron chi connectivity index (χ3n) is 15.5. The second-order valence-corrected chi connectivity index (χ2v) is 24.4. The second-order valence-electron chi connectivity index (χ2n) is 24.4. The van der Waals surface area contributed by atoms with Gasteiger partial charge in [0.2, 0.25) is 23.6 Å². The zero-order valence-electron chi connectivity index (χ0n) is 61.8. The average Bonchev–Trinajstić information content (AvgIpc) is 0.861. The van der Waals surface area contributed by atoms with Gasteiger partial charge in [-0.05, 0) is 62.8 Å². The molecule has 0 aliphatic heterocycles. The number of aliphatic hydroxyl groups is 11. The Morgan fingerprint density at radius 2 is 0.811 bits per heavy atom. The van der Waals surface area contributed by atoms with Crippen molar-refractivity contribution >= 4 is 41.4 Å². The molecule has 0 heterocycles. The number of carbonyl (C=O) groups is 6. The van der Waals surface area contributed by atoms with Crippen molar-refractivity contribution in [2.24, 2.45) is 11.7 Å². The maximum Gasteiger partial charge on any atom is 0.314 e. The minimum Gasteiger partial charge on any atom is -0.394 e. The number of aliphatic hydroxyl groups excluding tert-OH is 11. The molecule has 8 amide bonds. The first-order valence-electron chi connectivity index (χ1n) is 36.0. The van der Waals surface area contributed by atoms with Crippen molar-refractivity contribution in [2.45, 2.75) is 126 Å². The van der Waals surface area contributed by atoms with Crippen LogP contribution in [0.15, 0.2) is 24.3 Å². The number of rotatable bonds is 72. The van der Waals surface area contributed by atoms with E-state index < -0.39 is 123 Å². The Hall–Kier alpha value is -5.36. The van der Waals surface area contributed by atoms with Gasteiger partial charge in [0, 0.05) is 57.9 Å². The summed E-state index contributed by atoms with van der Waals surface area (Å²) >= 11 is 0. The van der Waals surface area contributed by atoms with Crippen molar-refractivity contribution < 1.29 is 142 Å². The molecule has 1 rings (SSSR count). The lowest BCUT2D eigenvalue weighted by Crippen LogP contribution is -2.57. The van der Waals surface area contributed by atoms with E-state index in [-0.39, 0.29) is 83.9 Å². The van der Waals surface area contributed by atoms with E-state index in [1.165, 1.54) is 4.90 Å². The molecule has 39 nitrogen and oxygen atoms in total. The van der Waals surface area contributed by atoms with Crippen LogP contribution in [0.2, 0.25) is 0 Å². The molecule has 0 spiro atoms. The highest BCUT2D eigenvalue weighted by Crippen LogP contribution is 2.14. The Kier molecular flexibility index (Phi) is 61.0. The number of likely N-dealkylation sites (N-methyl/N-ethyl adjacent to an activating group) is 1. The number of benzene rings is 1. The standard InChI is InChI=1S/C67H126N10O29/c1-48(2)58(65(92)75-52(8-6-15-71-66(68)93)64(91)74-50-11-9-49(45-78)10-12-50)76-63(90)51(69-3)7-4-5-14-70-57(85)13-19-95-21-23-97-25-27-99-29-31-101-33-35-103-37-39-105-41-42-106-40-38-104-36-34-102-32-30-100-28-26-98-24-22-96-20-17-73-67(94)72-16-18-77(43-53(81)59(86)61(88)55(83)46-79)44-54(82)60(87)62(89)56(84)47-80/h9-12,48,51-56,58-62,69,78-84,86-89H,4-8,13-47H2,1-3H3,(H,70,85)(H,74,91)(H,75,92)(H,76,90)(H3,68,71,93)(H2,72,73,94)/t51-,52-,53-,54-,55+,56+,58-,59+,60+,61+,62+/m0/s1. The summed E-state index contributed by atoms with van der Waals surface area (Å²) in [5, 5.41) is 130. The molecule has 618 valence electrons. The van der Waals surface area contributed by atoms with Gasteiger partial charge in [0.25, 0.3) is 0 Å². The number of anilines is 1. The third kappa shape index (κ3) is 51.1. The first-order valence-corrected chi connectivity index (χ1v) is 36.0. The Bertz CT molecular complexity index is 2330. The minimum absolute atomic E-state index is 0.0889. The highest BCUT2D eigenvalue weighted by molar-refractivity contribution is 5.98. The van der Waals surface area contributed by atoms with Crippen molar-refractivity contribution in [1.82, 2.24) is 42.1 Å². The molecule has 0 aliphatic rings. The van der Waals surface area contributed by atoms with E-state index in [1.54, 1.807) is 45.2 Å². The van der Waals surface area contributed by atoms with Crippen molar-refractivity contribution in [3.63, 3.8) is 0 Å². The molecular formula is C67H126N10O29. The van der Waals surface area contributed by atoms with Crippen LogP contribution in [-0.2, 0) is 82.6 Å². The Labute approximate surface area is 620 Å². The van der Waals surface area contributed by atoms with Gasteiger partial charge in [-0.15, -0.1) is 0 Å². The fourth-order valence-corrected chi connectivity index (χ4v) is 9.40. The minimum atomic E-state index is -1.94. The molecule has 0 bridgehead atoms. The number of nitrogens with zero attached hydrogens (tertiary/aromatic N) is 1. The summed E-state index contributed by atoms with van der Waals surface area (Å²) in [5.41, 5.74) is 6.29. The Morgan fingerprint density at radius 1 is 0.425 bits per heavy atom. The first-order chi connectivity index (χ1) is 51.1. The van der Waals surface area contributed by atoms with Crippen LogP contribution in [0, 0.1) is 5.92 Å². The number of ether oxygens (including phenoxy) is 12. The number of hydrogen-bond acceptors (Lipinski definition) is 31. The predicted octanol–water partition coefficient (Wildman–Crippen LogP) is -6.87. The number of nitrogens with one attached hydrogen (secondary N) is 8. The van der Waals surface area contributed by atoms with Crippen LogP contribution in [0.25, 0.3) is 0 Å². The molecule has 106 heavy (non-hydrogen) atoms. The summed E-state index contributed by atoms with van der Waals surface area (Å²) in [7, 11) is 1.64. The molecule has 0 aromatic heterocycles. The van der Waals surface area contributed by atoms with Crippen LogP contribution in [0.5, 0.6) is 0 Å². The van der Waals surface area contributed by atoms with Crippen LogP contribution in [-0.4, -0.2) is 388 Å². The van der Waals surface area contributed by atoms with Crippen molar-refractivity contribution in [2.75, 3.05) is 230 Å². The molecule has 0 radical (unpaired) electrons. The monoisotopic (exact) mass is 1530 g/mol. The van der Waals surface area contributed by atoms with Crippen LogP contribution in [0.4, 0.5) is 15.3 Å². The SMILES string of the molecule is CN[C@@H](CCCCNC(=O)CCOCCOCCOCCOCCOCCOCCOCCOCCOCCOCCOCCOCCNC(=O)NCCN(C[C@H](O)[C@@H](O)[C@H](O)[C@H](O)CO)C[C@H](O)[C@@H](O)[C@H](O)[C@H](O)CO)C(=O)N[C@H](C(=O)N[C@@H](CCCNC(N)=O)C(=O)Nc1ccc(CO)cc1)C(C)C. The van der Waals surface area contributed by atoms with Gasteiger partial charge in [-0.3, -0.25) is 24.1 Å². The average molecular weight is 1540 g/mol. The van der Waals surface area contributed by atoms with Crippen molar-refractivity contribution in [3.05, 3.63) is 29.8 Å². The van der Waals surface area contributed by atoms with Gasteiger partial charge in [-0.25, -0.2) is 9.59 Å². The lowest BCUT2D eigenvalue weighted by atomic mass is 10.0. The zero-order chi connectivity index (χ0) is 78.4. The maximum atomic E-state index is 13.6. The van der Waals surface area contributed by atoms with E-state index in [1.807, 2.05) is 0 Å². The van der Waals surface area contributed by atoms with Gasteiger partial charge in [-0.1, -0.05) is 26.0 Å². The van der Waals surface area contributed by atoms with Crippen molar-refractivity contribution in [1.29, 1.82) is 0 Å². The number of primary amides is 1. The molecule has 11 atom stereocenters. The third-order valence-corrected chi connectivity index (χ3v) is 15.5. The Balaban J connectivity index is 1.96. The highest BCUT2D eigenvalue weighted by Gasteiger charge is 2.35. The van der Waals surface area contributed by atoms with E-state index in [0.29, 0.717) is 176 Å². The molecule has 0 saturated heterocycles. The summed E-state index contributed by atoms with van der Waals surface area (Å²) in [4.78, 5) is 77.4. The van der Waals surface area contributed by atoms with Gasteiger partial charge in [0.15, 0.2) is 0 Å². The maximum absolute atomic E-state index is 13.6. The normalized spacial score (nSPS) is 14.8. The molecule has 39 heteroatoms. The number of hydrogen-bond donors (Lipinski definition) is 20. The van der Waals surface area contributed by atoms with Gasteiger partial charge < -0.3 is 161 Å². The quantitative estimate of drug-likeness (QED) is 0.0270. The first kappa shape index (κ1) is 98.6. The molecule has 0 unspecified atom stereocenters. The summed E-state index contributed by atoms with van der Waals surface area (Å²) in [6.07, 6.45) is -12.5. The van der Waals surface area contributed by atoms with Gasteiger partial charge in [0.05, 0.1) is 197 Å². The van der Waals surface area contributed by atoms with E-state index in [4.69, 9.17) is 72.8 Å². The summed E-state index contributed by atoms with van der Waals surface area (Å²) in [5.74, 6) is -1.94. The van der Waals surface area contributed by atoms with E-state index >= 15 is 0 Å². The molecule has 0 aliphatic carbocycles. The molecule has 0 fully saturated rings. The Morgan fingerprint density at radius 3 is 1.21 bits per heavy atom.